The zero-order valence-corrected chi connectivity index (χ0v) is 13.4. The van der Waals surface area contributed by atoms with Crippen LogP contribution in [0.25, 0.3) is 0 Å². The Kier molecular flexibility index (Phi) is 4.01. The second kappa shape index (κ2) is 5.78. The molecule has 0 aliphatic carbocycles. The number of aromatic nitrogens is 2. The normalized spacial score (nSPS) is 15.4. The van der Waals surface area contributed by atoms with Gasteiger partial charge in [0, 0.05) is 13.1 Å². The highest BCUT2D eigenvalue weighted by atomic mass is 35.5. The van der Waals surface area contributed by atoms with Crippen molar-refractivity contribution in [1.29, 1.82) is 0 Å². The molecular weight excluding hydrogens is 332 g/mol. The SMILES string of the molecule is O=S(=O)(Nc1ccc(N2CCCC2)nn1)c1ccc(Cl)s1. The summed E-state index contributed by atoms with van der Waals surface area (Å²) >= 11 is 6.75. The van der Waals surface area contributed by atoms with Crippen LogP contribution in [0, 0.1) is 0 Å². The minimum Gasteiger partial charge on any atom is -0.355 e. The number of nitrogens with zero attached hydrogens (tertiary/aromatic N) is 3. The number of thiophene rings is 1. The Labute approximate surface area is 131 Å². The van der Waals surface area contributed by atoms with E-state index in [1.165, 1.54) is 6.07 Å². The number of sulfonamides is 1. The minimum absolute atomic E-state index is 0.151. The lowest BCUT2D eigenvalue weighted by molar-refractivity contribution is 0.603. The minimum atomic E-state index is -3.66. The lowest BCUT2D eigenvalue weighted by Crippen LogP contribution is -2.20. The highest BCUT2D eigenvalue weighted by Crippen LogP contribution is 2.27. The quantitative estimate of drug-likeness (QED) is 0.922. The first-order valence-corrected chi connectivity index (χ1v) is 9.09. The van der Waals surface area contributed by atoms with E-state index in [-0.39, 0.29) is 10.0 Å². The second-order valence-corrected chi connectivity index (χ2v) is 8.26. The van der Waals surface area contributed by atoms with Gasteiger partial charge in [0.25, 0.3) is 10.0 Å². The first-order chi connectivity index (χ1) is 10.0. The molecule has 1 aliphatic rings. The highest BCUT2D eigenvalue weighted by Gasteiger charge is 2.18. The predicted octanol–water partition coefficient (Wildman–Crippen LogP) is 2.59. The third kappa shape index (κ3) is 3.28. The summed E-state index contributed by atoms with van der Waals surface area (Å²) in [7, 11) is -3.66. The Morgan fingerprint density at radius 1 is 1.14 bits per heavy atom. The van der Waals surface area contributed by atoms with E-state index in [0.29, 0.717) is 4.34 Å². The Morgan fingerprint density at radius 3 is 2.48 bits per heavy atom. The molecule has 0 aromatic carbocycles. The maximum absolute atomic E-state index is 12.1. The van der Waals surface area contributed by atoms with Crippen LogP contribution >= 0.6 is 22.9 Å². The van der Waals surface area contributed by atoms with Crippen molar-refractivity contribution in [2.24, 2.45) is 0 Å². The van der Waals surface area contributed by atoms with E-state index in [0.717, 1.165) is 43.1 Å². The van der Waals surface area contributed by atoms with Crippen molar-refractivity contribution in [2.45, 2.75) is 17.1 Å². The average molecular weight is 345 g/mol. The van der Waals surface area contributed by atoms with Crippen LogP contribution in [0.15, 0.2) is 28.5 Å². The van der Waals surface area contributed by atoms with Crippen molar-refractivity contribution in [1.82, 2.24) is 10.2 Å². The smallest absolute Gasteiger partial charge is 0.272 e. The molecule has 2 aromatic heterocycles. The Bertz CT molecular complexity index is 724. The first kappa shape index (κ1) is 14.6. The zero-order chi connectivity index (χ0) is 14.9. The van der Waals surface area contributed by atoms with Crippen LogP contribution in [0.5, 0.6) is 0 Å². The Balaban J connectivity index is 1.75. The lowest BCUT2D eigenvalue weighted by Gasteiger charge is -2.15. The van der Waals surface area contributed by atoms with Gasteiger partial charge in [0.05, 0.1) is 4.34 Å². The topological polar surface area (TPSA) is 75.2 Å². The molecule has 1 aliphatic heterocycles. The third-order valence-electron chi connectivity index (χ3n) is 3.13. The van der Waals surface area contributed by atoms with Crippen LogP contribution in [0.2, 0.25) is 4.34 Å². The van der Waals surface area contributed by atoms with Gasteiger partial charge in [-0.2, -0.15) is 0 Å². The fraction of sp³-hybridized carbons (Fsp3) is 0.333. The number of nitrogens with one attached hydrogen (secondary N) is 1. The number of hydrogen-bond donors (Lipinski definition) is 1. The van der Waals surface area contributed by atoms with Gasteiger partial charge >= 0.3 is 0 Å². The fourth-order valence-electron chi connectivity index (χ4n) is 2.12. The summed E-state index contributed by atoms with van der Waals surface area (Å²) in [5, 5.41) is 8.00. The molecule has 0 saturated carbocycles. The molecule has 2 aromatic rings. The van der Waals surface area contributed by atoms with E-state index in [1.807, 2.05) is 0 Å². The summed E-state index contributed by atoms with van der Waals surface area (Å²) in [5.41, 5.74) is 0. The van der Waals surface area contributed by atoms with E-state index >= 15 is 0 Å². The molecule has 0 bridgehead atoms. The molecule has 1 saturated heterocycles. The van der Waals surface area contributed by atoms with Crippen molar-refractivity contribution in [2.75, 3.05) is 22.7 Å². The van der Waals surface area contributed by atoms with Crippen LogP contribution in [-0.2, 0) is 10.0 Å². The summed E-state index contributed by atoms with van der Waals surface area (Å²) in [6, 6.07) is 6.40. The first-order valence-electron chi connectivity index (χ1n) is 6.41. The Morgan fingerprint density at radius 2 is 1.90 bits per heavy atom. The largest absolute Gasteiger partial charge is 0.355 e. The molecule has 112 valence electrons. The monoisotopic (exact) mass is 344 g/mol. The van der Waals surface area contributed by atoms with E-state index < -0.39 is 10.0 Å². The van der Waals surface area contributed by atoms with Crippen molar-refractivity contribution in [3.05, 3.63) is 28.6 Å². The van der Waals surface area contributed by atoms with E-state index in [1.54, 1.807) is 18.2 Å². The third-order valence-corrected chi connectivity index (χ3v) is 6.21. The van der Waals surface area contributed by atoms with Crippen LogP contribution in [0.3, 0.4) is 0 Å². The number of halogens is 1. The van der Waals surface area contributed by atoms with E-state index in [2.05, 4.69) is 19.8 Å². The molecule has 21 heavy (non-hydrogen) atoms. The van der Waals surface area contributed by atoms with Crippen LogP contribution in [0.4, 0.5) is 11.6 Å². The summed E-state index contributed by atoms with van der Waals surface area (Å²) < 4.78 is 27.2. The lowest BCUT2D eigenvalue weighted by atomic mass is 10.4. The second-order valence-electron chi connectivity index (χ2n) is 4.63. The van der Waals surface area contributed by atoms with Crippen molar-refractivity contribution >= 4 is 44.6 Å². The molecule has 9 heteroatoms. The zero-order valence-electron chi connectivity index (χ0n) is 11.0. The van der Waals surface area contributed by atoms with Crippen molar-refractivity contribution in [3.8, 4) is 0 Å². The molecule has 0 amide bonds. The summed E-state index contributed by atoms with van der Waals surface area (Å²) in [4.78, 5) is 2.13. The van der Waals surface area contributed by atoms with Gasteiger partial charge in [-0.25, -0.2) is 8.42 Å². The molecule has 3 rings (SSSR count). The van der Waals surface area contributed by atoms with Gasteiger partial charge in [0.2, 0.25) is 0 Å². The maximum Gasteiger partial charge on any atom is 0.272 e. The van der Waals surface area contributed by atoms with E-state index in [4.69, 9.17) is 11.6 Å². The molecule has 0 spiro atoms. The van der Waals surface area contributed by atoms with E-state index in [9.17, 15) is 8.42 Å². The molecule has 1 N–H and O–H groups in total. The van der Waals surface area contributed by atoms with Gasteiger partial charge in [-0.3, -0.25) is 4.72 Å². The van der Waals surface area contributed by atoms with Gasteiger partial charge < -0.3 is 4.90 Å². The molecule has 6 nitrogen and oxygen atoms in total. The van der Waals surface area contributed by atoms with Crippen LogP contribution in [0.1, 0.15) is 12.8 Å². The fourth-order valence-corrected chi connectivity index (χ4v) is 4.60. The Hall–Kier alpha value is -1.38. The van der Waals surface area contributed by atoms with Gasteiger partial charge in [-0.1, -0.05) is 11.6 Å². The highest BCUT2D eigenvalue weighted by molar-refractivity contribution is 7.94. The summed E-state index contributed by atoms with van der Waals surface area (Å²) in [6.45, 7) is 1.93. The van der Waals surface area contributed by atoms with Crippen molar-refractivity contribution in [3.63, 3.8) is 0 Å². The molecular formula is C12H13ClN4O2S2. The van der Waals surface area contributed by atoms with Crippen molar-refractivity contribution < 1.29 is 8.42 Å². The molecule has 0 radical (unpaired) electrons. The predicted molar refractivity (Wildman–Crippen MR) is 83.6 cm³/mol. The van der Waals surface area contributed by atoms with Gasteiger partial charge in [-0.15, -0.1) is 21.5 Å². The average Bonchev–Trinajstić information content (AvgIpc) is 3.10. The number of anilines is 2. The van der Waals surface area contributed by atoms with Gasteiger partial charge in [0.15, 0.2) is 11.6 Å². The van der Waals surface area contributed by atoms with Gasteiger partial charge in [-0.05, 0) is 37.1 Å². The molecule has 1 fully saturated rings. The summed E-state index contributed by atoms with van der Waals surface area (Å²) in [5.74, 6) is 0.970. The summed E-state index contributed by atoms with van der Waals surface area (Å²) in [6.07, 6.45) is 2.30. The van der Waals surface area contributed by atoms with Crippen LogP contribution in [-0.4, -0.2) is 31.7 Å². The van der Waals surface area contributed by atoms with Gasteiger partial charge in [0.1, 0.15) is 4.21 Å². The number of rotatable bonds is 4. The maximum atomic E-state index is 12.1. The molecule has 3 heterocycles. The molecule has 0 atom stereocenters. The molecule has 0 unspecified atom stereocenters. The number of hydrogen-bond acceptors (Lipinski definition) is 6. The standard InChI is InChI=1S/C12H13ClN4O2S2/c13-9-3-6-12(20-9)21(18,19)16-10-4-5-11(15-14-10)17-7-1-2-8-17/h3-6H,1-2,7-8H2,(H,14,16). The van der Waals surface area contributed by atoms with Crippen LogP contribution < -0.4 is 9.62 Å².